The fourth-order valence-electron chi connectivity index (χ4n) is 1.68. The molecule has 3 heteroatoms. The summed E-state index contributed by atoms with van der Waals surface area (Å²) in [5.74, 6) is 0.120. The van der Waals surface area contributed by atoms with Crippen molar-refractivity contribution in [3.05, 3.63) is 34.9 Å². The van der Waals surface area contributed by atoms with E-state index in [1.54, 1.807) is 0 Å². The molecule has 1 unspecified atom stereocenters. The van der Waals surface area contributed by atoms with Crippen molar-refractivity contribution in [3.63, 3.8) is 0 Å². The van der Waals surface area contributed by atoms with Gasteiger partial charge in [0.2, 0.25) is 5.91 Å². The molecule has 0 radical (unpaired) electrons. The highest BCUT2D eigenvalue weighted by atomic mass is 16.3. The quantitative estimate of drug-likeness (QED) is 0.838. The van der Waals surface area contributed by atoms with Gasteiger partial charge in [0.05, 0.1) is 12.5 Å². The minimum absolute atomic E-state index is 0.0385. The molecular weight excluding hydrogens is 226 g/mol. The molecule has 0 saturated carbocycles. The molecule has 0 aromatic heterocycles. The van der Waals surface area contributed by atoms with Gasteiger partial charge in [-0.3, -0.25) is 4.79 Å². The lowest BCUT2D eigenvalue weighted by molar-refractivity contribution is -0.121. The Hall–Kier alpha value is -1.35. The number of hydrogen-bond acceptors (Lipinski definition) is 2. The van der Waals surface area contributed by atoms with Crippen molar-refractivity contribution >= 4 is 5.91 Å². The molecule has 1 aromatic rings. The molecule has 0 fully saturated rings. The number of nitrogens with one attached hydrogen (secondary N) is 1. The summed E-state index contributed by atoms with van der Waals surface area (Å²) in [6.45, 7) is 8.21. The van der Waals surface area contributed by atoms with Crippen LogP contribution in [0, 0.1) is 19.8 Å². The molecule has 100 valence electrons. The van der Waals surface area contributed by atoms with Crippen LogP contribution in [0.25, 0.3) is 0 Å². The third-order valence-electron chi connectivity index (χ3n) is 3.13. The van der Waals surface area contributed by atoms with Gasteiger partial charge in [0, 0.05) is 6.54 Å². The summed E-state index contributed by atoms with van der Waals surface area (Å²) in [5.41, 5.74) is 3.33. The molecule has 0 aliphatic heterocycles. The second kappa shape index (κ2) is 6.55. The van der Waals surface area contributed by atoms with Gasteiger partial charge in [-0.05, 0) is 30.9 Å². The number of carbonyl (C=O) groups excluding carboxylic acids is 1. The smallest absolute Gasteiger partial charge is 0.224 e. The standard InChI is InChI=1S/C15H23NO2/c1-10(2)14(17)9-16-15(18)8-13-7-11(3)5-6-12(13)4/h5-7,10,14,17H,8-9H2,1-4H3,(H,16,18). The fraction of sp³-hybridized carbons (Fsp3) is 0.533. The van der Waals surface area contributed by atoms with Gasteiger partial charge >= 0.3 is 0 Å². The molecular formula is C15H23NO2. The van der Waals surface area contributed by atoms with Gasteiger partial charge in [0.1, 0.15) is 0 Å². The minimum Gasteiger partial charge on any atom is -0.391 e. The van der Waals surface area contributed by atoms with Crippen LogP contribution in [-0.2, 0) is 11.2 Å². The lowest BCUT2D eigenvalue weighted by Gasteiger charge is -2.15. The predicted molar refractivity (Wildman–Crippen MR) is 73.5 cm³/mol. The van der Waals surface area contributed by atoms with Crippen molar-refractivity contribution in [1.29, 1.82) is 0 Å². The molecule has 0 spiro atoms. The molecule has 1 atom stereocenters. The molecule has 1 rings (SSSR count). The topological polar surface area (TPSA) is 49.3 Å². The van der Waals surface area contributed by atoms with E-state index in [-0.39, 0.29) is 11.8 Å². The van der Waals surface area contributed by atoms with Crippen LogP contribution in [0.4, 0.5) is 0 Å². The largest absolute Gasteiger partial charge is 0.391 e. The van der Waals surface area contributed by atoms with Gasteiger partial charge in [-0.25, -0.2) is 0 Å². The maximum atomic E-state index is 11.8. The molecule has 1 aromatic carbocycles. The third kappa shape index (κ3) is 4.49. The molecule has 3 nitrogen and oxygen atoms in total. The van der Waals surface area contributed by atoms with E-state index in [1.807, 2.05) is 45.9 Å². The van der Waals surface area contributed by atoms with Gasteiger partial charge in [-0.1, -0.05) is 37.6 Å². The molecule has 2 N–H and O–H groups in total. The summed E-state index contributed by atoms with van der Waals surface area (Å²) in [6, 6.07) is 6.11. The van der Waals surface area contributed by atoms with Gasteiger partial charge in [-0.2, -0.15) is 0 Å². The number of aliphatic hydroxyl groups is 1. The molecule has 0 aliphatic rings. The third-order valence-corrected chi connectivity index (χ3v) is 3.13. The summed E-state index contributed by atoms with van der Waals surface area (Å²) >= 11 is 0. The number of aryl methyl sites for hydroxylation is 2. The molecule has 0 bridgehead atoms. The molecule has 1 amide bonds. The van der Waals surface area contributed by atoms with Crippen molar-refractivity contribution in [2.75, 3.05) is 6.54 Å². The predicted octanol–water partition coefficient (Wildman–Crippen LogP) is 1.98. The van der Waals surface area contributed by atoms with Crippen LogP contribution in [0.5, 0.6) is 0 Å². The minimum atomic E-state index is -0.479. The zero-order valence-corrected chi connectivity index (χ0v) is 11.7. The highest BCUT2D eigenvalue weighted by molar-refractivity contribution is 5.79. The Labute approximate surface area is 109 Å². The SMILES string of the molecule is Cc1ccc(C)c(CC(=O)NCC(O)C(C)C)c1. The number of aliphatic hydroxyl groups excluding tert-OH is 1. The second-order valence-electron chi connectivity index (χ2n) is 5.22. The van der Waals surface area contributed by atoms with Crippen molar-refractivity contribution < 1.29 is 9.90 Å². The Morgan fingerprint density at radius 3 is 2.61 bits per heavy atom. The maximum Gasteiger partial charge on any atom is 0.224 e. The zero-order chi connectivity index (χ0) is 13.7. The number of benzene rings is 1. The molecule has 0 heterocycles. The first-order valence-electron chi connectivity index (χ1n) is 6.41. The van der Waals surface area contributed by atoms with E-state index in [0.29, 0.717) is 13.0 Å². The average molecular weight is 249 g/mol. The van der Waals surface area contributed by atoms with Crippen LogP contribution in [0.15, 0.2) is 18.2 Å². The molecule has 18 heavy (non-hydrogen) atoms. The number of carbonyl (C=O) groups is 1. The second-order valence-corrected chi connectivity index (χ2v) is 5.22. The number of rotatable bonds is 5. The van der Waals surface area contributed by atoms with Gasteiger partial charge in [-0.15, -0.1) is 0 Å². The van der Waals surface area contributed by atoms with E-state index in [9.17, 15) is 9.90 Å². The maximum absolute atomic E-state index is 11.8. The van der Waals surface area contributed by atoms with Crippen LogP contribution in [0.1, 0.15) is 30.5 Å². The van der Waals surface area contributed by atoms with Gasteiger partial charge < -0.3 is 10.4 Å². The van der Waals surface area contributed by atoms with E-state index in [1.165, 1.54) is 0 Å². The number of hydrogen-bond donors (Lipinski definition) is 2. The lowest BCUT2D eigenvalue weighted by Crippen LogP contribution is -2.35. The Balaban J connectivity index is 2.52. The highest BCUT2D eigenvalue weighted by Gasteiger charge is 2.11. The van der Waals surface area contributed by atoms with E-state index in [0.717, 1.165) is 16.7 Å². The highest BCUT2D eigenvalue weighted by Crippen LogP contribution is 2.11. The lowest BCUT2D eigenvalue weighted by atomic mass is 10.0. The van der Waals surface area contributed by atoms with Crippen LogP contribution >= 0.6 is 0 Å². The van der Waals surface area contributed by atoms with Crippen LogP contribution < -0.4 is 5.32 Å². The normalized spacial score (nSPS) is 12.6. The zero-order valence-electron chi connectivity index (χ0n) is 11.7. The Kier molecular flexibility index (Phi) is 5.35. The monoisotopic (exact) mass is 249 g/mol. The summed E-state index contributed by atoms with van der Waals surface area (Å²) in [5, 5.41) is 12.4. The molecule has 0 aliphatic carbocycles. The van der Waals surface area contributed by atoms with E-state index in [4.69, 9.17) is 0 Å². The fourth-order valence-corrected chi connectivity index (χ4v) is 1.68. The van der Waals surface area contributed by atoms with Crippen molar-refractivity contribution in [2.24, 2.45) is 5.92 Å². The van der Waals surface area contributed by atoms with Crippen molar-refractivity contribution in [2.45, 2.75) is 40.2 Å². The van der Waals surface area contributed by atoms with Gasteiger partial charge in [0.15, 0.2) is 0 Å². The first-order valence-corrected chi connectivity index (χ1v) is 6.41. The average Bonchev–Trinajstić information content (AvgIpc) is 2.30. The summed E-state index contributed by atoms with van der Waals surface area (Å²) in [7, 11) is 0. The Bertz CT molecular complexity index is 413. The Morgan fingerprint density at radius 2 is 2.00 bits per heavy atom. The first kappa shape index (κ1) is 14.7. The van der Waals surface area contributed by atoms with Crippen molar-refractivity contribution in [3.8, 4) is 0 Å². The summed E-state index contributed by atoms with van der Waals surface area (Å²) < 4.78 is 0. The number of amides is 1. The van der Waals surface area contributed by atoms with Crippen molar-refractivity contribution in [1.82, 2.24) is 5.32 Å². The van der Waals surface area contributed by atoms with Crippen LogP contribution in [-0.4, -0.2) is 23.7 Å². The Morgan fingerprint density at radius 1 is 1.33 bits per heavy atom. The van der Waals surface area contributed by atoms with E-state index in [2.05, 4.69) is 5.32 Å². The summed E-state index contributed by atoms with van der Waals surface area (Å²) in [6.07, 6.45) is -0.106. The molecule has 0 saturated heterocycles. The van der Waals surface area contributed by atoms with Gasteiger partial charge in [0.25, 0.3) is 0 Å². The summed E-state index contributed by atoms with van der Waals surface area (Å²) in [4.78, 5) is 11.8. The van der Waals surface area contributed by atoms with E-state index < -0.39 is 6.10 Å². The van der Waals surface area contributed by atoms with Crippen LogP contribution in [0.3, 0.4) is 0 Å². The van der Waals surface area contributed by atoms with E-state index >= 15 is 0 Å². The van der Waals surface area contributed by atoms with Crippen LogP contribution in [0.2, 0.25) is 0 Å². The first-order chi connectivity index (χ1) is 8.40.